The van der Waals surface area contributed by atoms with Crippen LogP contribution in [0.25, 0.3) is 0 Å². The number of rotatable bonds is 3. The summed E-state index contributed by atoms with van der Waals surface area (Å²) in [7, 11) is 0. The average Bonchev–Trinajstić information content (AvgIpc) is 3.10. The maximum atomic E-state index is 13.2. The zero-order valence-electron chi connectivity index (χ0n) is 14.6. The highest BCUT2D eigenvalue weighted by atomic mass is 19.4. The number of carboxylic acid groups (broad SMARTS) is 1. The van der Waals surface area contributed by atoms with Gasteiger partial charge in [-0.25, -0.2) is 0 Å². The van der Waals surface area contributed by atoms with Crippen LogP contribution in [0.5, 0.6) is 0 Å². The van der Waals surface area contributed by atoms with E-state index in [9.17, 15) is 32.7 Å². The largest absolute Gasteiger partial charge is 0.481 e. The fourth-order valence-corrected chi connectivity index (χ4v) is 4.17. The zero-order chi connectivity index (χ0) is 20.0. The Hall–Kier alpha value is -2.58. The van der Waals surface area contributed by atoms with E-state index in [1.807, 2.05) is 0 Å². The van der Waals surface area contributed by atoms with Gasteiger partial charge in [0.05, 0.1) is 11.0 Å². The van der Waals surface area contributed by atoms with E-state index in [0.717, 1.165) is 25.5 Å². The van der Waals surface area contributed by atoms with Crippen molar-refractivity contribution in [3.63, 3.8) is 0 Å². The van der Waals surface area contributed by atoms with Crippen LogP contribution < -0.4 is 5.32 Å². The van der Waals surface area contributed by atoms with Gasteiger partial charge in [0, 0.05) is 31.3 Å². The first-order valence-corrected chi connectivity index (χ1v) is 8.55. The predicted octanol–water partition coefficient (Wildman–Crippen LogP) is 2.99. The first kappa shape index (κ1) is 19.2. The van der Waals surface area contributed by atoms with Crippen LogP contribution in [0.15, 0.2) is 18.2 Å². The number of carbonyl (C=O) groups is 3. The number of carboxylic acids is 1. The molecular weight excluding hydrogens is 365 g/mol. The fourth-order valence-electron chi connectivity index (χ4n) is 4.17. The Morgan fingerprint density at radius 2 is 1.96 bits per heavy atom. The predicted molar refractivity (Wildman–Crippen MR) is 89.1 cm³/mol. The quantitative estimate of drug-likeness (QED) is 0.839. The van der Waals surface area contributed by atoms with Gasteiger partial charge >= 0.3 is 12.1 Å². The minimum atomic E-state index is -4.69. The number of halogens is 3. The van der Waals surface area contributed by atoms with Gasteiger partial charge in [-0.2, -0.15) is 13.2 Å². The van der Waals surface area contributed by atoms with Crippen LogP contribution in [0.3, 0.4) is 0 Å². The molecule has 1 aliphatic heterocycles. The molecule has 1 aliphatic carbocycles. The number of hydrogen-bond donors (Lipinski definition) is 2. The molecule has 9 heteroatoms. The molecule has 1 aromatic rings. The van der Waals surface area contributed by atoms with Crippen molar-refractivity contribution in [1.82, 2.24) is 4.90 Å². The number of aliphatic carboxylic acids is 1. The summed E-state index contributed by atoms with van der Waals surface area (Å²) in [5.74, 6) is -2.39. The second kappa shape index (κ2) is 6.54. The first-order valence-electron chi connectivity index (χ1n) is 8.55. The van der Waals surface area contributed by atoms with E-state index in [1.54, 1.807) is 0 Å². The van der Waals surface area contributed by atoms with Gasteiger partial charge in [-0.1, -0.05) is 6.42 Å². The molecule has 0 unspecified atom stereocenters. The number of amides is 2. The Balaban J connectivity index is 1.93. The summed E-state index contributed by atoms with van der Waals surface area (Å²) in [6.07, 6.45) is -2.80. The minimum absolute atomic E-state index is 0.0163. The number of likely N-dealkylation sites (tertiary alicyclic amines) is 1. The van der Waals surface area contributed by atoms with Gasteiger partial charge in [0.1, 0.15) is 0 Å². The fraction of sp³-hybridized carbons (Fsp3) is 0.500. The molecule has 2 aliphatic rings. The van der Waals surface area contributed by atoms with E-state index in [2.05, 4.69) is 5.32 Å². The molecule has 1 saturated carbocycles. The van der Waals surface area contributed by atoms with Crippen LogP contribution in [-0.4, -0.2) is 40.9 Å². The maximum absolute atomic E-state index is 13.2. The van der Waals surface area contributed by atoms with Crippen molar-refractivity contribution in [2.75, 3.05) is 18.4 Å². The minimum Gasteiger partial charge on any atom is -0.481 e. The summed E-state index contributed by atoms with van der Waals surface area (Å²) in [4.78, 5) is 37.1. The van der Waals surface area contributed by atoms with E-state index in [4.69, 9.17) is 0 Å². The third-order valence-electron chi connectivity index (χ3n) is 5.41. The SMILES string of the molecule is CC(=O)Nc1cc(C(=O)N2C[C@@H]3CCC[C@@]3(C(=O)O)C2)cc(C(F)(F)F)c1. The molecule has 146 valence electrons. The second-order valence-corrected chi connectivity index (χ2v) is 7.21. The summed E-state index contributed by atoms with van der Waals surface area (Å²) in [6.45, 7) is 1.34. The lowest BCUT2D eigenvalue weighted by Crippen LogP contribution is -2.37. The van der Waals surface area contributed by atoms with Gasteiger partial charge < -0.3 is 15.3 Å². The zero-order valence-corrected chi connectivity index (χ0v) is 14.6. The Morgan fingerprint density at radius 3 is 2.52 bits per heavy atom. The van der Waals surface area contributed by atoms with Crippen molar-refractivity contribution in [2.24, 2.45) is 11.3 Å². The van der Waals surface area contributed by atoms with Gasteiger partial charge in [-0.3, -0.25) is 14.4 Å². The van der Waals surface area contributed by atoms with Crippen molar-refractivity contribution in [1.29, 1.82) is 0 Å². The van der Waals surface area contributed by atoms with Gasteiger partial charge in [-0.15, -0.1) is 0 Å². The maximum Gasteiger partial charge on any atom is 0.416 e. The van der Waals surface area contributed by atoms with Crippen LogP contribution >= 0.6 is 0 Å². The smallest absolute Gasteiger partial charge is 0.416 e. The van der Waals surface area contributed by atoms with Gasteiger partial charge in [0.25, 0.3) is 5.91 Å². The summed E-state index contributed by atoms with van der Waals surface area (Å²) in [5.41, 5.74) is -2.43. The van der Waals surface area contributed by atoms with E-state index < -0.39 is 34.9 Å². The van der Waals surface area contributed by atoms with Crippen molar-refractivity contribution in [3.8, 4) is 0 Å². The number of benzene rings is 1. The molecular formula is C18H19F3N2O4. The lowest BCUT2D eigenvalue weighted by molar-refractivity contribution is -0.149. The summed E-state index contributed by atoms with van der Waals surface area (Å²) in [6, 6.07) is 2.67. The molecule has 27 heavy (non-hydrogen) atoms. The summed E-state index contributed by atoms with van der Waals surface area (Å²) < 4.78 is 39.5. The number of nitrogens with one attached hydrogen (secondary N) is 1. The molecule has 2 N–H and O–H groups in total. The summed E-state index contributed by atoms with van der Waals surface area (Å²) >= 11 is 0. The monoisotopic (exact) mass is 384 g/mol. The van der Waals surface area contributed by atoms with Crippen molar-refractivity contribution in [3.05, 3.63) is 29.3 Å². The third kappa shape index (κ3) is 3.50. The number of nitrogens with zero attached hydrogens (tertiary/aromatic N) is 1. The number of anilines is 1. The molecule has 2 amide bonds. The second-order valence-electron chi connectivity index (χ2n) is 7.21. The highest BCUT2D eigenvalue weighted by Gasteiger charge is 2.55. The van der Waals surface area contributed by atoms with Crippen LogP contribution in [-0.2, 0) is 15.8 Å². The van der Waals surface area contributed by atoms with E-state index in [0.29, 0.717) is 12.8 Å². The molecule has 1 saturated heterocycles. The molecule has 2 atom stereocenters. The first-order chi connectivity index (χ1) is 12.5. The van der Waals surface area contributed by atoms with Crippen LogP contribution in [0.1, 0.15) is 42.1 Å². The molecule has 1 heterocycles. The molecule has 0 radical (unpaired) electrons. The van der Waals surface area contributed by atoms with Gasteiger partial charge in [-0.05, 0) is 37.0 Å². The highest BCUT2D eigenvalue weighted by molar-refractivity contribution is 5.98. The average molecular weight is 384 g/mol. The molecule has 3 rings (SSSR count). The van der Waals surface area contributed by atoms with E-state index >= 15 is 0 Å². The Labute approximate surface area is 153 Å². The normalized spacial score (nSPS) is 24.6. The number of hydrogen-bond acceptors (Lipinski definition) is 3. The summed E-state index contributed by atoms with van der Waals surface area (Å²) in [5, 5.41) is 11.9. The molecule has 0 bridgehead atoms. The Morgan fingerprint density at radius 1 is 1.26 bits per heavy atom. The lowest BCUT2D eigenvalue weighted by Gasteiger charge is -2.23. The number of fused-ring (bicyclic) bond motifs is 1. The number of alkyl halides is 3. The van der Waals surface area contributed by atoms with Gasteiger partial charge in [0.2, 0.25) is 5.91 Å². The van der Waals surface area contributed by atoms with Crippen molar-refractivity contribution in [2.45, 2.75) is 32.4 Å². The van der Waals surface area contributed by atoms with Gasteiger partial charge in [0.15, 0.2) is 0 Å². The molecule has 2 fully saturated rings. The molecule has 1 aromatic carbocycles. The molecule has 6 nitrogen and oxygen atoms in total. The topological polar surface area (TPSA) is 86.7 Å². The Kier molecular flexibility index (Phi) is 4.65. The van der Waals surface area contributed by atoms with E-state index in [-0.39, 0.29) is 30.3 Å². The van der Waals surface area contributed by atoms with E-state index in [1.165, 1.54) is 11.0 Å². The van der Waals surface area contributed by atoms with Crippen LogP contribution in [0.2, 0.25) is 0 Å². The molecule has 0 aromatic heterocycles. The van der Waals surface area contributed by atoms with Crippen LogP contribution in [0.4, 0.5) is 18.9 Å². The standard InChI is InChI=1S/C18H19F3N2O4/c1-10(24)22-14-6-11(5-13(7-14)18(19,20)21)15(25)23-8-12-3-2-4-17(12,9-23)16(26)27/h5-7,12H,2-4,8-9H2,1H3,(H,22,24)(H,26,27)/t12-,17+/m0/s1. The lowest BCUT2D eigenvalue weighted by atomic mass is 9.81. The number of carbonyl (C=O) groups excluding carboxylic acids is 2. The highest BCUT2D eigenvalue weighted by Crippen LogP contribution is 2.49. The van der Waals surface area contributed by atoms with Crippen molar-refractivity contribution < 1.29 is 32.7 Å². The van der Waals surface area contributed by atoms with Crippen LogP contribution in [0, 0.1) is 11.3 Å². The van der Waals surface area contributed by atoms with Crippen molar-refractivity contribution >= 4 is 23.5 Å². The third-order valence-corrected chi connectivity index (χ3v) is 5.41. The Bertz CT molecular complexity index is 808. The molecule has 0 spiro atoms.